The van der Waals surface area contributed by atoms with Crippen LogP contribution in [0.3, 0.4) is 0 Å². The number of hydrogen-bond donors (Lipinski definition) is 2. The fourth-order valence-corrected chi connectivity index (χ4v) is 2.94. The number of hydrogen-bond acceptors (Lipinski definition) is 6. The Balaban J connectivity index is 2.19. The number of anilines is 1. The van der Waals surface area contributed by atoms with Crippen molar-refractivity contribution in [2.45, 2.75) is 33.7 Å². The minimum absolute atomic E-state index is 0.688. The Bertz CT molecular complexity index is 553. The average molecular weight is 293 g/mol. The third-order valence-electron chi connectivity index (χ3n) is 3.59. The molecule has 3 N–H and O–H groups in total. The van der Waals surface area contributed by atoms with Gasteiger partial charge in [0.25, 0.3) is 0 Å². The van der Waals surface area contributed by atoms with Crippen molar-refractivity contribution >= 4 is 27.4 Å². The van der Waals surface area contributed by atoms with Crippen LogP contribution in [0.4, 0.5) is 5.82 Å². The summed E-state index contributed by atoms with van der Waals surface area (Å²) in [6, 6.07) is 2.00. The average Bonchev–Trinajstić information content (AvgIpc) is 2.93. The van der Waals surface area contributed by atoms with E-state index >= 15 is 0 Å². The van der Waals surface area contributed by atoms with Gasteiger partial charge in [-0.1, -0.05) is 27.2 Å². The molecule has 6 heteroatoms. The SMILES string of the molecule is CCC(C)CN(CC)Cc1nc(NN)c2ccsc2n1. The van der Waals surface area contributed by atoms with Gasteiger partial charge in [0.15, 0.2) is 5.82 Å². The summed E-state index contributed by atoms with van der Waals surface area (Å²) in [6.07, 6.45) is 1.19. The van der Waals surface area contributed by atoms with Gasteiger partial charge in [0, 0.05) is 6.54 Å². The highest BCUT2D eigenvalue weighted by Gasteiger charge is 2.12. The molecule has 0 spiro atoms. The lowest BCUT2D eigenvalue weighted by Crippen LogP contribution is -2.29. The molecule has 2 aromatic rings. The Hall–Kier alpha value is -1.24. The number of nitrogens with zero attached hydrogens (tertiary/aromatic N) is 3. The van der Waals surface area contributed by atoms with E-state index < -0.39 is 0 Å². The Labute approximate surface area is 124 Å². The molecule has 5 nitrogen and oxygen atoms in total. The fourth-order valence-electron chi connectivity index (χ4n) is 2.16. The number of nitrogens with two attached hydrogens (primary N) is 1. The van der Waals surface area contributed by atoms with Crippen molar-refractivity contribution in [1.29, 1.82) is 0 Å². The van der Waals surface area contributed by atoms with Gasteiger partial charge in [0.2, 0.25) is 0 Å². The van der Waals surface area contributed by atoms with E-state index in [1.807, 2.05) is 11.4 Å². The highest BCUT2D eigenvalue weighted by molar-refractivity contribution is 7.16. The van der Waals surface area contributed by atoms with Gasteiger partial charge in [0.05, 0.1) is 11.9 Å². The summed E-state index contributed by atoms with van der Waals surface area (Å²) in [4.78, 5) is 12.5. The van der Waals surface area contributed by atoms with E-state index in [4.69, 9.17) is 5.84 Å². The van der Waals surface area contributed by atoms with Gasteiger partial charge in [-0.15, -0.1) is 11.3 Å². The third kappa shape index (κ3) is 3.45. The number of hydrazine groups is 1. The number of nitrogens with one attached hydrogen (secondary N) is 1. The molecule has 0 aliphatic rings. The summed E-state index contributed by atoms with van der Waals surface area (Å²) >= 11 is 1.62. The number of aromatic nitrogens is 2. The van der Waals surface area contributed by atoms with Crippen molar-refractivity contribution in [3.05, 3.63) is 17.3 Å². The van der Waals surface area contributed by atoms with Crippen LogP contribution < -0.4 is 11.3 Å². The van der Waals surface area contributed by atoms with Gasteiger partial charge in [-0.25, -0.2) is 15.8 Å². The van der Waals surface area contributed by atoms with Crippen LogP contribution in [0.25, 0.3) is 10.2 Å². The molecule has 110 valence electrons. The summed E-state index contributed by atoms with van der Waals surface area (Å²) in [5, 5.41) is 3.01. The zero-order valence-corrected chi connectivity index (χ0v) is 13.2. The highest BCUT2D eigenvalue weighted by atomic mass is 32.1. The number of nitrogen functional groups attached to an aromatic ring is 1. The van der Waals surface area contributed by atoms with Crippen LogP contribution in [-0.2, 0) is 6.54 Å². The van der Waals surface area contributed by atoms with Crippen LogP contribution in [0.5, 0.6) is 0 Å². The molecule has 0 amide bonds. The minimum atomic E-state index is 0.688. The molecule has 0 aliphatic carbocycles. The van der Waals surface area contributed by atoms with Crippen LogP contribution in [0.1, 0.15) is 33.0 Å². The zero-order valence-electron chi connectivity index (χ0n) is 12.4. The first-order valence-corrected chi connectivity index (χ1v) is 7.98. The summed E-state index contributed by atoms with van der Waals surface area (Å²) < 4.78 is 0. The second-order valence-corrected chi connectivity index (χ2v) is 6.01. The van der Waals surface area contributed by atoms with Crippen molar-refractivity contribution < 1.29 is 0 Å². The van der Waals surface area contributed by atoms with E-state index in [2.05, 4.69) is 41.1 Å². The number of rotatable bonds is 7. The van der Waals surface area contributed by atoms with Gasteiger partial charge >= 0.3 is 0 Å². The molecule has 1 unspecified atom stereocenters. The quantitative estimate of drug-likeness (QED) is 0.607. The van der Waals surface area contributed by atoms with E-state index in [0.29, 0.717) is 11.7 Å². The molecule has 0 fully saturated rings. The predicted octanol–water partition coefficient (Wildman–Crippen LogP) is 2.84. The fraction of sp³-hybridized carbons (Fsp3) is 0.571. The second kappa shape index (κ2) is 6.97. The molecule has 2 rings (SSSR count). The summed E-state index contributed by atoms with van der Waals surface area (Å²) in [5.74, 6) is 7.79. The maximum Gasteiger partial charge on any atom is 0.152 e. The maximum atomic E-state index is 5.56. The van der Waals surface area contributed by atoms with E-state index in [-0.39, 0.29) is 0 Å². The molecule has 0 saturated carbocycles. The molecule has 0 aromatic carbocycles. The molecular formula is C14H23N5S. The number of fused-ring (bicyclic) bond motifs is 1. The van der Waals surface area contributed by atoms with Gasteiger partial charge in [-0.2, -0.15) is 0 Å². The molecule has 1 atom stereocenters. The van der Waals surface area contributed by atoms with E-state index in [9.17, 15) is 0 Å². The van der Waals surface area contributed by atoms with Crippen LogP contribution in [-0.4, -0.2) is 28.0 Å². The van der Waals surface area contributed by atoms with Crippen LogP contribution in [0.2, 0.25) is 0 Å². The molecule has 0 bridgehead atoms. The third-order valence-corrected chi connectivity index (χ3v) is 4.39. The normalized spacial score (nSPS) is 13.1. The molecule has 0 aliphatic heterocycles. The van der Waals surface area contributed by atoms with Crippen molar-refractivity contribution in [1.82, 2.24) is 14.9 Å². The van der Waals surface area contributed by atoms with Crippen molar-refractivity contribution in [2.75, 3.05) is 18.5 Å². The van der Waals surface area contributed by atoms with Crippen LogP contribution >= 0.6 is 11.3 Å². The molecular weight excluding hydrogens is 270 g/mol. The highest BCUT2D eigenvalue weighted by Crippen LogP contribution is 2.24. The lowest BCUT2D eigenvalue weighted by atomic mass is 10.1. The van der Waals surface area contributed by atoms with E-state index in [1.165, 1.54) is 6.42 Å². The molecule has 0 radical (unpaired) electrons. The standard InChI is InChI=1S/C14H23N5S/c1-4-10(3)8-19(5-2)9-12-16-13(18-15)11-6-7-20-14(11)17-12/h6-7,10H,4-5,8-9,15H2,1-3H3,(H,16,17,18). The Morgan fingerprint density at radius 1 is 1.40 bits per heavy atom. The topological polar surface area (TPSA) is 67.1 Å². The van der Waals surface area contributed by atoms with Gasteiger partial charge in [-0.3, -0.25) is 4.90 Å². The van der Waals surface area contributed by atoms with Crippen molar-refractivity contribution in [2.24, 2.45) is 11.8 Å². The second-order valence-electron chi connectivity index (χ2n) is 5.11. The summed E-state index contributed by atoms with van der Waals surface area (Å²) in [5.41, 5.74) is 2.68. The predicted molar refractivity (Wildman–Crippen MR) is 85.6 cm³/mol. The van der Waals surface area contributed by atoms with Crippen LogP contribution in [0, 0.1) is 5.92 Å². The molecule has 2 heterocycles. The van der Waals surface area contributed by atoms with Crippen LogP contribution in [0.15, 0.2) is 11.4 Å². The van der Waals surface area contributed by atoms with E-state index in [0.717, 1.165) is 35.7 Å². The Kier molecular flexibility index (Phi) is 5.28. The monoisotopic (exact) mass is 293 g/mol. The van der Waals surface area contributed by atoms with Gasteiger partial charge in [0.1, 0.15) is 10.7 Å². The Morgan fingerprint density at radius 3 is 2.85 bits per heavy atom. The van der Waals surface area contributed by atoms with E-state index in [1.54, 1.807) is 11.3 Å². The molecule has 0 saturated heterocycles. The number of thiophene rings is 1. The van der Waals surface area contributed by atoms with Gasteiger partial charge in [-0.05, 0) is 23.9 Å². The molecule has 20 heavy (non-hydrogen) atoms. The summed E-state index contributed by atoms with van der Waals surface area (Å²) in [7, 11) is 0. The minimum Gasteiger partial charge on any atom is -0.308 e. The smallest absolute Gasteiger partial charge is 0.152 e. The van der Waals surface area contributed by atoms with Gasteiger partial charge < -0.3 is 5.43 Å². The summed E-state index contributed by atoms with van der Waals surface area (Å²) in [6.45, 7) is 9.52. The first-order chi connectivity index (χ1) is 9.67. The maximum absolute atomic E-state index is 5.56. The largest absolute Gasteiger partial charge is 0.308 e. The first kappa shape index (κ1) is 15.2. The molecule has 2 aromatic heterocycles. The lowest BCUT2D eigenvalue weighted by Gasteiger charge is -2.23. The lowest BCUT2D eigenvalue weighted by molar-refractivity contribution is 0.233. The Morgan fingerprint density at radius 2 is 2.20 bits per heavy atom. The first-order valence-electron chi connectivity index (χ1n) is 7.11. The zero-order chi connectivity index (χ0) is 14.5. The van der Waals surface area contributed by atoms with Crippen molar-refractivity contribution in [3.8, 4) is 0 Å². The van der Waals surface area contributed by atoms with Crippen molar-refractivity contribution in [3.63, 3.8) is 0 Å².